The summed E-state index contributed by atoms with van der Waals surface area (Å²) in [6.45, 7) is 6.86. The van der Waals surface area contributed by atoms with Gasteiger partial charge in [-0.2, -0.15) is 0 Å². The molecule has 0 unspecified atom stereocenters. The van der Waals surface area contributed by atoms with Crippen LogP contribution in [0.15, 0.2) is 41.7 Å². The average Bonchev–Trinajstić information content (AvgIpc) is 3.08. The Morgan fingerprint density at radius 2 is 2.15 bits per heavy atom. The molecule has 180 valence electrons. The lowest BCUT2D eigenvalue weighted by Crippen LogP contribution is -2.39. The topological polar surface area (TPSA) is 132 Å². The van der Waals surface area contributed by atoms with Gasteiger partial charge >= 0.3 is 6.03 Å². The summed E-state index contributed by atoms with van der Waals surface area (Å²) in [6.07, 6.45) is 5.32. The predicted octanol–water partition coefficient (Wildman–Crippen LogP) is 3.38. The van der Waals surface area contributed by atoms with Crippen LogP contribution in [0.25, 0.3) is 5.57 Å². The molecule has 2 aromatic rings. The van der Waals surface area contributed by atoms with Crippen molar-refractivity contribution in [2.45, 2.75) is 27.2 Å². The number of imide groups is 1. The first kappa shape index (κ1) is 24.8. The van der Waals surface area contributed by atoms with Crippen molar-refractivity contribution in [1.29, 1.82) is 0 Å². The summed E-state index contributed by atoms with van der Waals surface area (Å²) < 4.78 is 11.0. The Balaban J connectivity index is 1.68. The predicted molar refractivity (Wildman–Crippen MR) is 130 cm³/mol. The molecule has 1 saturated heterocycles. The quantitative estimate of drug-likeness (QED) is 0.450. The molecule has 0 atom stereocenters. The SMILES string of the molecule is COCCN=CC(=CN)c1cc(Oc2ccc(NC(=O)N3CCC(C)(C)C3=O)nc2C)ccn1. The molecule has 0 aromatic carbocycles. The van der Waals surface area contributed by atoms with Crippen LogP contribution in [0.2, 0.25) is 0 Å². The summed E-state index contributed by atoms with van der Waals surface area (Å²) in [5.41, 5.74) is 7.03. The molecule has 3 rings (SSSR count). The number of carbonyl (C=O) groups is 2. The number of urea groups is 1. The molecule has 0 saturated carbocycles. The summed E-state index contributed by atoms with van der Waals surface area (Å²) in [6, 6.07) is 6.32. The second-order valence-electron chi connectivity index (χ2n) is 8.43. The molecule has 0 bridgehead atoms. The van der Waals surface area contributed by atoms with Gasteiger partial charge in [-0.3, -0.25) is 25.0 Å². The van der Waals surface area contributed by atoms with Crippen molar-refractivity contribution >= 4 is 29.5 Å². The highest BCUT2D eigenvalue weighted by molar-refractivity contribution is 6.08. The molecule has 3 amide bonds. The van der Waals surface area contributed by atoms with Gasteiger partial charge in [0.05, 0.1) is 24.5 Å². The first-order valence-corrected chi connectivity index (χ1v) is 10.9. The third kappa shape index (κ3) is 5.96. The number of likely N-dealkylation sites (tertiary alicyclic amines) is 1. The molecule has 1 aliphatic heterocycles. The van der Waals surface area contributed by atoms with Crippen molar-refractivity contribution in [2.75, 3.05) is 32.1 Å². The average molecular weight is 467 g/mol. The lowest BCUT2D eigenvalue weighted by Gasteiger charge is -2.18. The minimum absolute atomic E-state index is 0.190. The Hall–Kier alpha value is -3.79. The van der Waals surface area contributed by atoms with E-state index in [-0.39, 0.29) is 5.91 Å². The van der Waals surface area contributed by atoms with E-state index < -0.39 is 11.4 Å². The number of nitrogens with two attached hydrogens (primary N) is 1. The number of hydrogen-bond donors (Lipinski definition) is 2. The second kappa shape index (κ2) is 10.9. The fraction of sp³-hybridized carbons (Fsp3) is 0.375. The fourth-order valence-electron chi connectivity index (χ4n) is 3.32. The number of carbonyl (C=O) groups excluding carboxylic acids is 2. The molecule has 0 spiro atoms. The zero-order chi connectivity index (χ0) is 24.7. The monoisotopic (exact) mass is 466 g/mol. The smallest absolute Gasteiger partial charge is 0.329 e. The summed E-state index contributed by atoms with van der Waals surface area (Å²) in [4.78, 5) is 39.1. The van der Waals surface area contributed by atoms with Crippen molar-refractivity contribution in [3.05, 3.63) is 48.1 Å². The number of methoxy groups -OCH3 is 1. The van der Waals surface area contributed by atoms with E-state index in [9.17, 15) is 9.59 Å². The lowest BCUT2D eigenvalue weighted by atomic mass is 9.92. The molecule has 3 heterocycles. The number of allylic oxidation sites excluding steroid dienone is 1. The maximum Gasteiger partial charge on any atom is 0.329 e. The third-order valence-corrected chi connectivity index (χ3v) is 5.39. The summed E-state index contributed by atoms with van der Waals surface area (Å²) in [5, 5.41) is 2.69. The molecule has 1 aliphatic rings. The van der Waals surface area contributed by atoms with E-state index in [0.29, 0.717) is 60.4 Å². The number of aliphatic imine (C=N–C) groups is 1. The zero-order valence-corrected chi connectivity index (χ0v) is 19.9. The van der Waals surface area contributed by atoms with Crippen molar-refractivity contribution in [3.8, 4) is 11.5 Å². The van der Waals surface area contributed by atoms with Gasteiger partial charge in [0.25, 0.3) is 0 Å². The van der Waals surface area contributed by atoms with Crippen LogP contribution >= 0.6 is 0 Å². The molecule has 34 heavy (non-hydrogen) atoms. The van der Waals surface area contributed by atoms with Gasteiger partial charge in [0.2, 0.25) is 5.91 Å². The number of anilines is 1. The van der Waals surface area contributed by atoms with E-state index in [1.54, 1.807) is 50.7 Å². The highest BCUT2D eigenvalue weighted by atomic mass is 16.5. The molecular weight excluding hydrogens is 436 g/mol. The fourth-order valence-corrected chi connectivity index (χ4v) is 3.32. The first-order chi connectivity index (χ1) is 16.2. The van der Waals surface area contributed by atoms with Crippen molar-refractivity contribution in [3.63, 3.8) is 0 Å². The minimum Gasteiger partial charge on any atom is -0.455 e. The zero-order valence-electron chi connectivity index (χ0n) is 19.9. The molecule has 10 nitrogen and oxygen atoms in total. The number of nitrogens with zero attached hydrogens (tertiary/aromatic N) is 4. The molecular formula is C24H30N6O4. The van der Waals surface area contributed by atoms with Gasteiger partial charge in [0.1, 0.15) is 17.3 Å². The Labute approximate surface area is 198 Å². The Kier molecular flexibility index (Phi) is 7.95. The standard InChI is InChI=1S/C24H30N6O4/c1-16-20(5-6-21(28-16)29-23(32)30-11-8-24(2,3)22(30)31)34-18-7-9-27-19(13-18)17(14-25)15-26-10-12-33-4/h5-7,9,13-15H,8,10-12,25H2,1-4H3,(H,28,29,32). The van der Waals surface area contributed by atoms with Crippen molar-refractivity contribution in [2.24, 2.45) is 16.1 Å². The number of aromatic nitrogens is 2. The normalized spacial score (nSPS) is 15.7. The van der Waals surface area contributed by atoms with Crippen LogP contribution in [-0.2, 0) is 9.53 Å². The van der Waals surface area contributed by atoms with Gasteiger partial charge in [0, 0.05) is 49.3 Å². The molecule has 1 fully saturated rings. The van der Waals surface area contributed by atoms with Gasteiger partial charge in [-0.05, 0) is 31.5 Å². The number of hydrogen-bond acceptors (Lipinski definition) is 8. The summed E-state index contributed by atoms with van der Waals surface area (Å²) in [5.74, 6) is 1.20. The van der Waals surface area contributed by atoms with Gasteiger partial charge < -0.3 is 15.2 Å². The molecule has 0 radical (unpaired) electrons. The van der Waals surface area contributed by atoms with E-state index in [1.165, 1.54) is 11.1 Å². The largest absolute Gasteiger partial charge is 0.455 e. The van der Waals surface area contributed by atoms with Gasteiger partial charge in [-0.1, -0.05) is 13.8 Å². The Bertz CT molecular complexity index is 1110. The van der Waals surface area contributed by atoms with Crippen molar-refractivity contribution in [1.82, 2.24) is 14.9 Å². The second-order valence-corrected chi connectivity index (χ2v) is 8.43. The molecule has 3 N–H and O–H groups in total. The number of aryl methyl sites for hydroxylation is 1. The third-order valence-electron chi connectivity index (χ3n) is 5.39. The van der Waals surface area contributed by atoms with Crippen LogP contribution in [0, 0.1) is 12.3 Å². The Morgan fingerprint density at radius 3 is 2.79 bits per heavy atom. The van der Waals surface area contributed by atoms with E-state index in [1.807, 2.05) is 13.8 Å². The Morgan fingerprint density at radius 1 is 1.35 bits per heavy atom. The molecule has 10 heteroatoms. The van der Waals surface area contributed by atoms with Crippen LogP contribution in [0.4, 0.5) is 10.6 Å². The number of pyridine rings is 2. The van der Waals surface area contributed by atoms with E-state index in [4.69, 9.17) is 15.2 Å². The van der Waals surface area contributed by atoms with Crippen LogP contribution < -0.4 is 15.8 Å². The van der Waals surface area contributed by atoms with E-state index in [2.05, 4.69) is 20.3 Å². The number of amides is 3. The van der Waals surface area contributed by atoms with E-state index in [0.717, 1.165) is 0 Å². The highest BCUT2D eigenvalue weighted by Gasteiger charge is 2.41. The van der Waals surface area contributed by atoms with Gasteiger partial charge in [-0.25, -0.2) is 9.78 Å². The maximum absolute atomic E-state index is 12.5. The minimum atomic E-state index is -0.531. The number of rotatable bonds is 8. The first-order valence-electron chi connectivity index (χ1n) is 10.9. The van der Waals surface area contributed by atoms with Gasteiger partial charge in [-0.15, -0.1) is 0 Å². The number of ether oxygens (including phenoxy) is 2. The van der Waals surface area contributed by atoms with Crippen LogP contribution in [0.5, 0.6) is 11.5 Å². The lowest BCUT2D eigenvalue weighted by molar-refractivity contribution is -0.131. The molecule has 0 aliphatic carbocycles. The molecule has 2 aromatic heterocycles. The van der Waals surface area contributed by atoms with Gasteiger partial charge in [0.15, 0.2) is 0 Å². The van der Waals surface area contributed by atoms with Crippen LogP contribution in [-0.4, -0.2) is 59.8 Å². The summed E-state index contributed by atoms with van der Waals surface area (Å²) in [7, 11) is 1.62. The number of nitrogens with one attached hydrogen (secondary N) is 1. The highest BCUT2D eigenvalue weighted by Crippen LogP contribution is 2.31. The maximum atomic E-state index is 12.5. The van der Waals surface area contributed by atoms with Crippen molar-refractivity contribution < 1.29 is 19.1 Å². The van der Waals surface area contributed by atoms with Crippen LogP contribution in [0.1, 0.15) is 31.7 Å². The van der Waals surface area contributed by atoms with Crippen LogP contribution in [0.3, 0.4) is 0 Å². The summed E-state index contributed by atoms with van der Waals surface area (Å²) >= 11 is 0. The van der Waals surface area contributed by atoms with E-state index >= 15 is 0 Å².